The van der Waals surface area contributed by atoms with Gasteiger partial charge in [-0.2, -0.15) is 0 Å². The lowest BCUT2D eigenvalue weighted by molar-refractivity contribution is -0.137. The van der Waals surface area contributed by atoms with E-state index in [4.69, 9.17) is 10.8 Å². The minimum Gasteiger partial charge on any atom is -0.481 e. The normalized spacial score (nSPS) is 11.1. The van der Waals surface area contributed by atoms with Crippen LogP contribution in [0.15, 0.2) is 0 Å². The lowest BCUT2D eigenvalue weighted by Gasteiger charge is -2.04. The number of hydrogen-bond donors (Lipinski definition) is 2. The highest BCUT2D eigenvalue weighted by Gasteiger charge is 1.98. The Hall–Kier alpha value is -0.570. The maximum Gasteiger partial charge on any atom is 0.303 e. The molecule has 0 amide bonds. The molecule has 0 aromatic rings. The van der Waals surface area contributed by atoms with E-state index < -0.39 is 5.97 Å². The van der Waals surface area contributed by atoms with Crippen molar-refractivity contribution < 1.29 is 9.90 Å². The van der Waals surface area contributed by atoms with Gasteiger partial charge in [-0.15, -0.1) is 0 Å². The molecule has 0 radical (unpaired) electrons. The molecular weight excluding hydrogens is 574 g/mol. The first-order chi connectivity index (χ1) is 23.2. The van der Waals surface area contributed by atoms with Crippen molar-refractivity contribution in [3.05, 3.63) is 0 Å². The van der Waals surface area contributed by atoms with Crippen LogP contribution >= 0.6 is 0 Å². The number of carboxylic acid groups (broad SMARTS) is 1. The van der Waals surface area contributed by atoms with Crippen LogP contribution in [0.5, 0.6) is 0 Å². The monoisotopic (exact) mass is 666 g/mol. The molecule has 0 spiro atoms. The van der Waals surface area contributed by atoms with Gasteiger partial charge in [-0.1, -0.05) is 251 Å². The van der Waals surface area contributed by atoms with Gasteiger partial charge < -0.3 is 10.8 Å². The third-order valence-electron chi connectivity index (χ3n) is 10.1. The average Bonchev–Trinajstić information content (AvgIpc) is 3.07. The van der Waals surface area contributed by atoms with E-state index in [9.17, 15) is 4.79 Å². The standard InChI is InChI=1S/C22H47N.C22H44O2/c1-2-3-4-5-6-7-8-9-10-11-12-13-14-15-16-17-18-19-20-21-22-23;1-2-3-4-5-6-7-8-9-10-11-12-13-14-15-16-17-18-19-20-21-22(23)24/h2-23H2,1H3;2-21H2,1H3,(H,23,24). The van der Waals surface area contributed by atoms with Crippen molar-refractivity contribution in [3.8, 4) is 0 Å². The van der Waals surface area contributed by atoms with E-state index >= 15 is 0 Å². The van der Waals surface area contributed by atoms with Crippen LogP contribution < -0.4 is 5.73 Å². The molecule has 0 heterocycles. The Bertz CT molecular complexity index is 517. The average molecular weight is 666 g/mol. The van der Waals surface area contributed by atoms with Crippen LogP contribution in [0, 0.1) is 0 Å². The molecule has 0 atom stereocenters. The predicted molar refractivity (Wildman–Crippen MR) is 213 cm³/mol. The largest absolute Gasteiger partial charge is 0.481 e. The van der Waals surface area contributed by atoms with E-state index in [2.05, 4.69) is 13.8 Å². The molecule has 3 N–H and O–H groups in total. The molecule has 0 unspecified atom stereocenters. The first-order valence-electron chi connectivity index (χ1n) is 22.1. The molecular formula is C44H91NO2. The van der Waals surface area contributed by atoms with E-state index in [0.717, 1.165) is 19.4 Å². The first-order valence-corrected chi connectivity index (χ1v) is 22.1. The number of carbonyl (C=O) groups is 1. The Morgan fingerprint density at radius 2 is 0.489 bits per heavy atom. The van der Waals surface area contributed by atoms with Crippen molar-refractivity contribution in [1.82, 2.24) is 0 Å². The summed E-state index contributed by atoms with van der Waals surface area (Å²) in [5.41, 5.74) is 5.51. The van der Waals surface area contributed by atoms with Crippen LogP contribution in [-0.2, 0) is 4.79 Å². The van der Waals surface area contributed by atoms with Crippen LogP contribution in [0.3, 0.4) is 0 Å². The lowest BCUT2D eigenvalue weighted by Crippen LogP contribution is -1.97. The molecule has 0 aliphatic heterocycles. The van der Waals surface area contributed by atoms with Crippen molar-refractivity contribution in [2.75, 3.05) is 6.54 Å². The van der Waals surface area contributed by atoms with Gasteiger partial charge in [0.25, 0.3) is 0 Å². The summed E-state index contributed by atoms with van der Waals surface area (Å²) < 4.78 is 0. The number of nitrogens with two attached hydrogens (primary N) is 1. The second-order valence-electron chi connectivity index (χ2n) is 15.0. The Labute approximate surface area is 298 Å². The topological polar surface area (TPSA) is 63.3 Å². The zero-order chi connectivity index (χ0) is 34.6. The Kier molecular flexibility index (Phi) is 49.1. The summed E-state index contributed by atoms with van der Waals surface area (Å²) in [6, 6.07) is 0. The number of unbranched alkanes of at least 4 members (excludes halogenated alkanes) is 37. The summed E-state index contributed by atoms with van der Waals surface area (Å²) in [4.78, 5) is 10.4. The van der Waals surface area contributed by atoms with Crippen LogP contribution in [0.2, 0.25) is 0 Å². The second-order valence-corrected chi connectivity index (χ2v) is 15.0. The summed E-state index contributed by atoms with van der Waals surface area (Å²) in [6.07, 6.45) is 54.9. The minimum atomic E-state index is -0.651. The highest BCUT2D eigenvalue weighted by atomic mass is 16.4. The van der Waals surface area contributed by atoms with Crippen molar-refractivity contribution in [3.63, 3.8) is 0 Å². The molecule has 0 bridgehead atoms. The van der Waals surface area contributed by atoms with Crippen molar-refractivity contribution in [2.45, 2.75) is 271 Å². The van der Waals surface area contributed by atoms with Gasteiger partial charge >= 0.3 is 5.97 Å². The van der Waals surface area contributed by atoms with Crippen molar-refractivity contribution in [2.24, 2.45) is 5.73 Å². The number of rotatable bonds is 40. The van der Waals surface area contributed by atoms with Gasteiger partial charge in [-0.05, 0) is 19.4 Å². The quantitative estimate of drug-likeness (QED) is 0.0640. The van der Waals surface area contributed by atoms with E-state index in [-0.39, 0.29) is 0 Å². The van der Waals surface area contributed by atoms with Crippen LogP contribution in [-0.4, -0.2) is 17.6 Å². The molecule has 0 fully saturated rings. The molecule has 3 heteroatoms. The van der Waals surface area contributed by atoms with E-state index in [0.29, 0.717) is 6.42 Å². The number of carboxylic acids is 1. The Morgan fingerprint density at radius 3 is 0.660 bits per heavy atom. The molecule has 284 valence electrons. The molecule has 0 aromatic heterocycles. The second kappa shape index (κ2) is 47.5. The molecule has 0 rings (SSSR count). The summed E-state index contributed by atoms with van der Waals surface area (Å²) in [5, 5.41) is 8.56. The molecule has 0 saturated carbocycles. The van der Waals surface area contributed by atoms with Crippen LogP contribution in [0.25, 0.3) is 0 Å². The van der Waals surface area contributed by atoms with Gasteiger partial charge in [0, 0.05) is 6.42 Å². The van der Waals surface area contributed by atoms with E-state index in [1.165, 1.54) is 238 Å². The summed E-state index contributed by atoms with van der Waals surface area (Å²) in [5.74, 6) is -0.651. The summed E-state index contributed by atoms with van der Waals surface area (Å²) >= 11 is 0. The SMILES string of the molecule is CCCCCCCCCCCCCCCCCCCCCC(=O)O.CCCCCCCCCCCCCCCCCCCCCCN. The van der Waals surface area contributed by atoms with E-state index in [1.54, 1.807) is 0 Å². The molecule has 0 aliphatic carbocycles. The summed E-state index contributed by atoms with van der Waals surface area (Å²) in [7, 11) is 0. The zero-order valence-electron chi connectivity index (χ0n) is 32.9. The van der Waals surface area contributed by atoms with Crippen molar-refractivity contribution >= 4 is 5.97 Å². The molecule has 3 nitrogen and oxygen atoms in total. The highest BCUT2D eigenvalue weighted by molar-refractivity contribution is 5.66. The van der Waals surface area contributed by atoms with Gasteiger partial charge in [-0.25, -0.2) is 0 Å². The van der Waals surface area contributed by atoms with Crippen molar-refractivity contribution in [1.29, 1.82) is 0 Å². The fraction of sp³-hybridized carbons (Fsp3) is 0.977. The van der Waals surface area contributed by atoms with Crippen LogP contribution in [0.1, 0.15) is 271 Å². The summed E-state index contributed by atoms with van der Waals surface area (Å²) in [6.45, 7) is 5.45. The third kappa shape index (κ3) is 52.4. The number of hydrogen-bond acceptors (Lipinski definition) is 2. The molecule has 0 saturated heterocycles. The van der Waals surface area contributed by atoms with Gasteiger partial charge in [0.15, 0.2) is 0 Å². The van der Waals surface area contributed by atoms with Gasteiger partial charge in [-0.3, -0.25) is 4.79 Å². The van der Waals surface area contributed by atoms with Gasteiger partial charge in [0.2, 0.25) is 0 Å². The minimum absolute atomic E-state index is 0.346. The fourth-order valence-electron chi connectivity index (χ4n) is 6.75. The Morgan fingerprint density at radius 1 is 0.319 bits per heavy atom. The molecule has 47 heavy (non-hydrogen) atoms. The molecule has 0 aromatic carbocycles. The highest BCUT2D eigenvalue weighted by Crippen LogP contribution is 2.16. The van der Waals surface area contributed by atoms with Gasteiger partial charge in [0.1, 0.15) is 0 Å². The smallest absolute Gasteiger partial charge is 0.303 e. The third-order valence-corrected chi connectivity index (χ3v) is 10.1. The predicted octanol–water partition coefficient (Wildman–Crippen LogP) is 15.7. The molecule has 0 aliphatic rings. The fourth-order valence-corrected chi connectivity index (χ4v) is 6.75. The zero-order valence-corrected chi connectivity index (χ0v) is 32.9. The van der Waals surface area contributed by atoms with Gasteiger partial charge in [0.05, 0.1) is 0 Å². The lowest BCUT2D eigenvalue weighted by atomic mass is 10.0. The maximum atomic E-state index is 10.4. The Balaban J connectivity index is 0. The van der Waals surface area contributed by atoms with E-state index in [1.807, 2.05) is 0 Å². The maximum absolute atomic E-state index is 10.4. The van der Waals surface area contributed by atoms with Crippen LogP contribution in [0.4, 0.5) is 0 Å². The first kappa shape index (κ1) is 48.5. The number of aliphatic carboxylic acids is 1.